The molecule has 1 atom stereocenters. The number of methoxy groups -OCH3 is 1. The van der Waals surface area contributed by atoms with E-state index in [2.05, 4.69) is 0 Å². The molecule has 1 heterocycles. The van der Waals surface area contributed by atoms with Crippen LogP contribution in [-0.2, 0) is 25.6 Å². The van der Waals surface area contributed by atoms with Crippen molar-refractivity contribution in [2.45, 2.75) is 52.7 Å². The van der Waals surface area contributed by atoms with Crippen LogP contribution >= 0.6 is 0 Å². The first kappa shape index (κ1) is 23.3. The standard InChI is InChI=1S/C26H29NO5/c1-16(2)32-26(30)24-18(4)27(15-19-7-6-8-21(13-19)25(29)31-5)23(28)14-22(24)20-11-9-17(3)10-12-20/h6-13,16,22H,14-15H2,1-5H3. The maximum Gasteiger partial charge on any atom is 0.337 e. The van der Waals surface area contributed by atoms with E-state index in [0.29, 0.717) is 16.8 Å². The second-order valence-corrected chi connectivity index (χ2v) is 8.29. The summed E-state index contributed by atoms with van der Waals surface area (Å²) in [6.07, 6.45) is -0.108. The van der Waals surface area contributed by atoms with Crippen molar-refractivity contribution < 1.29 is 23.9 Å². The molecule has 1 aliphatic heterocycles. The summed E-state index contributed by atoms with van der Waals surface area (Å²) in [6.45, 7) is 7.63. The fourth-order valence-electron chi connectivity index (χ4n) is 3.93. The molecule has 6 nitrogen and oxygen atoms in total. The lowest BCUT2D eigenvalue weighted by Crippen LogP contribution is -2.38. The number of allylic oxidation sites excluding steroid dienone is 1. The van der Waals surface area contributed by atoms with Gasteiger partial charge in [-0.05, 0) is 51.0 Å². The van der Waals surface area contributed by atoms with Crippen LogP contribution in [0.3, 0.4) is 0 Å². The predicted octanol–water partition coefficient (Wildman–Crippen LogP) is 4.52. The zero-order valence-electron chi connectivity index (χ0n) is 19.2. The Labute approximate surface area is 188 Å². The molecular formula is C26H29NO5. The van der Waals surface area contributed by atoms with E-state index < -0.39 is 11.9 Å². The Balaban J connectivity index is 2.01. The number of rotatable bonds is 6. The van der Waals surface area contributed by atoms with E-state index in [1.165, 1.54) is 7.11 Å². The third-order valence-corrected chi connectivity index (χ3v) is 5.55. The number of aryl methyl sites for hydroxylation is 1. The van der Waals surface area contributed by atoms with Gasteiger partial charge in [0, 0.05) is 18.0 Å². The van der Waals surface area contributed by atoms with Gasteiger partial charge in [-0.3, -0.25) is 4.79 Å². The summed E-state index contributed by atoms with van der Waals surface area (Å²) >= 11 is 0. The molecule has 0 saturated carbocycles. The number of hydrogen-bond donors (Lipinski definition) is 0. The second kappa shape index (κ2) is 9.81. The molecule has 1 unspecified atom stereocenters. The van der Waals surface area contributed by atoms with Crippen LogP contribution in [0.5, 0.6) is 0 Å². The van der Waals surface area contributed by atoms with Crippen molar-refractivity contribution in [3.8, 4) is 0 Å². The van der Waals surface area contributed by atoms with E-state index in [-0.39, 0.29) is 30.9 Å². The van der Waals surface area contributed by atoms with Crippen LogP contribution in [0.1, 0.15) is 60.2 Å². The Hall–Kier alpha value is -3.41. The molecule has 32 heavy (non-hydrogen) atoms. The lowest BCUT2D eigenvalue weighted by Gasteiger charge is -2.35. The van der Waals surface area contributed by atoms with Gasteiger partial charge in [0.25, 0.3) is 0 Å². The molecule has 0 bridgehead atoms. The Bertz CT molecular complexity index is 1050. The van der Waals surface area contributed by atoms with Crippen molar-refractivity contribution in [2.75, 3.05) is 7.11 Å². The first-order valence-electron chi connectivity index (χ1n) is 10.7. The van der Waals surface area contributed by atoms with Crippen LogP contribution in [0.15, 0.2) is 59.8 Å². The number of carbonyl (C=O) groups excluding carboxylic acids is 3. The van der Waals surface area contributed by atoms with Gasteiger partial charge in [0.1, 0.15) is 0 Å². The summed E-state index contributed by atoms with van der Waals surface area (Å²) < 4.78 is 10.3. The van der Waals surface area contributed by atoms with Crippen molar-refractivity contribution >= 4 is 17.8 Å². The summed E-state index contributed by atoms with van der Waals surface area (Å²) in [7, 11) is 1.33. The van der Waals surface area contributed by atoms with E-state index in [9.17, 15) is 14.4 Å². The highest BCUT2D eigenvalue weighted by Gasteiger charge is 2.37. The van der Waals surface area contributed by atoms with Gasteiger partial charge in [0.05, 0.1) is 30.9 Å². The molecule has 0 aromatic heterocycles. The van der Waals surface area contributed by atoms with Crippen LogP contribution in [0.25, 0.3) is 0 Å². The number of benzene rings is 2. The quantitative estimate of drug-likeness (QED) is 0.624. The molecule has 0 radical (unpaired) electrons. The SMILES string of the molecule is COC(=O)c1cccc(CN2C(=O)CC(c3ccc(C)cc3)C(C(=O)OC(C)C)=C2C)c1. The highest BCUT2D eigenvalue weighted by molar-refractivity contribution is 5.96. The zero-order chi connectivity index (χ0) is 23.4. The average molecular weight is 436 g/mol. The Morgan fingerprint density at radius 2 is 1.75 bits per heavy atom. The van der Waals surface area contributed by atoms with E-state index in [1.807, 2.05) is 37.3 Å². The lowest BCUT2D eigenvalue weighted by atomic mass is 9.83. The number of esters is 2. The molecule has 168 valence electrons. The lowest BCUT2D eigenvalue weighted by molar-refractivity contribution is -0.143. The van der Waals surface area contributed by atoms with Gasteiger partial charge < -0.3 is 14.4 Å². The van der Waals surface area contributed by atoms with E-state index in [0.717, 1.165) is 16.7 Å². The smallest absolute Gasteiger partial charge is 0.337 e. The van der Waals surface area contributed by atoms with Gasteiger partial charge in [-0.15, -0.1) is 0 Å². The molecule has 0 aliphatic carbocycles. The molecule has 0 saturated heterocycles. The van der Waals surface area contributed by atoms with E-state index in [1.54, 1.807) is 43.9 Å². The third-order valence-electron chi connectivity index (χ3n) is 5.55. The van der Waals surface area contributed by atoms with Gasteiger partial charge in [-0.1, -0.05) is 42.0 Å². The van der Waals surface area contributed by atoms with Crippen molar-refractivity contribution in [1.29, 1.82) is 0 Å². The van der Waals surface area contributed by atoms with Crippen molar-refractivity contribution in [2.24, 2.45) is 0 Å². The van der Waals surface area contributed by atoms with Crippen molar-refractivity contribution in [1.82, 2.24) is 4.90 Å². The van der Waals surface area contributed by atoms with Crippen molar-refractivity contribution in [3.05, 3.63) is 82.1 Å². The molecule has 6 heteroatoms. The summed E-state index contributed by atoms with van der Waals surface area (Å²) in [6, 6.07) is 14.8. The molecular weight excluding hydrogens is 406 g/mol. The minimum absolute atomic E-state index is 0.0855. The van der Waals surface area contributed by atoms with Crippen LogP contribution in [-0.4, -0.2) is 36.0 Å². The summed E-state index contributed by atoms with van der Waals surface area (Å²) in [5.41, 5.74) is 4.26. The van der Waals surface area contributed by atoms with Gasteiger partial charge >= 0.3 is 11.9 Å². The Kier molecular flexibility index (Phi) is 7.13. The highest BCUT2D eigenvalue weighted by Crippen LogP contribution is 2.38. The first-order chi connectivity index (χ1) is 15.2. The van der Waals surface area contributed by atoms with E-state index in [4.69, 9.17) is 9.47 Å². The highest BCUT2D eigenvalue weighted by atomic mass is 16.5. The predicted molar refractivity (Wildman–Crippen MR) is 121 cm³/mol. The zero-order valence-corrected chi connectivity index (χ0v) is 19.2. The monoisotopic (exact) mass is 435 g/mol. The normalized spacial score (nSPS) is 16.4. The molecule has 1 amide bonds. The molecule has 0 N–H and O–H groups in total. The molecule has 0 fully saturated rings. The third kappa shape index (κ3) is 5.07. The van der Waals surface area contributed by atoms with Crippen LogP contribution in [0.4, 0.5) is 0 Å². The Morgan fingerprint density at radius 1 is 1.06 bits per heavy atom. The summed E-state index contributed by atoms with van der Waals surface area (Å²) in [4.78, 5) is 39.7. The molecule has 2 aromatic carbocycles. The molecule has 1 aliphatic rings. The number of carbonyl (C=O) groups is 3. The number of nitrogens with zero attached hydrogens (tertiary/aromatic N) is 1. The van der Waals surface area contributed by atoms with Gasteiger partial charge in [0.2, 0.25) is 5.91 Å². The number of ether oxygens (including phenoxy) is 2. The number of hydrogen-bond acceptors (Lipinski definition) is 5. The fourth-order valence-corrected chi connectivity index (χ4v) is 3.93. The molecule has 2 aromatic rings. The maximum atomic E-state index is 13.2. The topological polar surface area (TPSA) is 72.9 Å². The summed E-state index contributed by atoms with van der Waals surface area (Å²) in [5.74, 6) is -1.31. The average Bonchev–Trinajstić information content (AvgIpc) is 2.75. The van der Waals surface area contributed by atoms with E-state index >= 15 is 0 Å². The molecule has 0 spiro atoms. The fraction of sp³-hybridized carbons (Fsp3) is 0.346. The van der Waals surface area contributed by atoms with Gasteiger partial charge in [-0.2, -0.15) is 0 Å². The van der Waals surface area contributed by atoms with Crippen LogP contribution < -0.4 is 0 Å². The minimum Gasteiger partial charge on any atom is -0.465 e. The van der Waals surface area contributed by atoms with Gasteiger partial charge in [-0.25, -0.2) is 9.59 Å². The second-order valence-electron chi connectivity index (χ2n) is 8.29. The largest absolute Gasteiger partial charge is 0.465 e. The Morgan fingerprint density at radius 3 is 2.38 bits per heavy atom. The minimum atomic E-state index is -0.440. The van der Waals surface area contributed by atoms with Crippen LogP contribution in [0.2, 0.25) is 0 Å². The van der Waals surface area contributed by atoms with Crippen LogP contribution in [0, 0.1) is 6.92 Å². The number of amides is 1. The van der Waals surface area contributed by atoms with Crippen molar-refractivity contribution in [3.63, 3.8) is 0 Å². The first-order valence-corrected chi connectivity index (χ1v) is 10.7. The summed E-state index contributed by atoms with van der Waals surface area (Å²) in [5, 5.41) is 0. The van der Waals surface area contributed by atoms with Gasteiger partial charge in [0.15, 0.2) is 0 Å². The maximum absolute atomic E-state index is 13.2. The molecule has 3 rings (SSSR count).